The molecule has 0 heterocycles. The summed E-state index contributed by atoms with van der Waals surface area (Å²) >= 11 is 0. The molecule has 0 aromatic rings. The smallest absolute Gasteiger partial charge is 0.323 e. The SMILES string of the molecule is COC1(CC(=O)N(CC(=O)O)CC2CC2)CCC1. The third-order valence-electron chi connectivity index (χ3n) is 4.03. The molecule has 5 heteroatoms. The molecule has 1 N–H and O–H groups in total. The van der Waals surface area contributed by atoms with Crippen LogP contribution in [0.15, 0.2) is 0 Å². The molecule has 2 aliphatic rings. The molecule has 5 nitrogen and oxygen atoms in total. The summed E-state index contributed by atoms with van der Waals surface area (Å²) in [6, 6.07) is 0. The van der Waals surface area contributed by atoms with Gasteiger partial charge in [-0.05, 0) is 38.0 Å². The third-order valence-corrected chi connectivity index (χ3v) is 4.03. The number of carboxylic acids is 1. The molecule has 2 rings (SSSR count). The lowest BCUT2D eigenvalue weighted by molar-refractivity contribution is -0.151. The van der Waals surface area contributed by atoms with Crippen LogP contribution in [0, 0.1) is 5.92 Å². The van der Waals surface area contributed by atoms with Crippen LogP contribution in [0.2, 0.25) is 0 Å². The molecule has 0 aliphatic heterocycles. The number of carboxylic acid groups (broad SMARTS) is 1. The fourth-order valence-electron chi connectivity index (χ4n) is 2.44. The monoisotopic (exact) mass is 255 g/mol. The second-order valence-electron chi connectivity index (χ2n) is 5.53. The number of carbonyl (C=O) groups excluding carboxylic acids is 1. The van der Waals surface area contributed by atoms with E-state index in [2.05, 4.69) is 0 Å². The number of nitrogens with zero attached hydrogens (tertiary/aromatic N) is 1. The van der Waals surface area contributed by atoms with Crippen molar-refractivity contribution >= 4 is 11.9 Å². The number of amides is 1. The van der Waals surface area contributed by atoms with E-state index in [1.807, 2.05) is 0 Å². The summed E-state index contributed by atoms with van der Waals surface area (Å²) in [6.45, 7) is 0.403. The van der Waals surface area contributed by atoms with Crippen LogP contribution in [0.4, 0.5) is 0 Å². The summed E-state index contributed by atoms with van der Waals surface area (Å²) in [5.74, 6) is -0.511. The molecule has 1 amide bonds. The molecule has 2 saturated carbocycles. The zero-order valence-corrected chi connectivity index (χ0v) is 10.9. The van der Waals surface area contributed by atoms with Crippen LogP contribution in [0.5, 0.6) is 0 Å². The van der Waals surface area contributed by atoms with E-state index >= 15 is 0 Å². The average Bonchev–Trinajstić information content (AvgIpc) is 3.05. The number of hydrogen-bond donors (Lipinski definition) is 1. The van der Waals surface area contributed by atoms with Crippen molar-refractivity contribution in [3.8, 4) is 0 Å². The molecule has 18 heavy (non-hydrogen) atoms. The van der Waals surface area contributed by atoms with Gasteiger partial charge in [0.15, 0.2) is 0 Å². The van der Waals surface area contributed by atoms with Gasteiger partial charge in [-0.2, -0.15) is 0 Å². The number of hydrogen-bond acceptors (Lipinski definition) is 3. The molecule has 0 atom stereocenters. The quantitative estimate of drug-likeness (QED) is 0.744. The third kappa shape index (κ3) is 3.22. The molecular weight excluding hydrogens is 234 g/mol. The maximum absolute atomic E-state index is 12.2. The molecule has 0 spiro atoms. The summed E-state index contributed by atoms with van der Waals surface area (Å²) in [5, 5.41) is 8.87. The fourth-order valence-corrected chi connectivity index (χ4v) is 2.44. The van der Waals surface area contributed by atoms with Crippen molar-refractivity contribution in [2.24, 2.45) is 5.92 Å². The molecule has 0 aromatic carbocycles. The van der Waals surface area contributed by atoms with Crippen molar-refractivity contribution in [2.75, 3.05) is 20.2 Å². The highest BCUT2D eigenvalue weighted by Gasteiger charge is 2.40. The van der Waals surface area contributed by atoms with Crippen LogP contribution in [0.25, 0.3) is 0 Å². The van der Waals surface area contributed by atoms with Gasteiger partial charge in [-0.25, -0.2) is 0 Å². The Labute approximate surface area is 107 Å². The van der Waals surface area contributed by atoms with Gasteiger partial charge in [0.05, 0.1) is 12.0 Å². The normalized spacial score (nSPS) is 21.2. The highest BCUT2D eigenvalue weighted by atomic mass is 16.5. The van der Waals surface area contributed by atoms with Crippen LogP contribution in [0.1, 0.15) is 38.5 Å². The summed E-state index contributed by atoms with van der Waals surface area (Å²) in [4.78, 5) is 24.5. The first kappa shape index (κ1) is 13.3. The number of rotatable bonds is 7. The van der Waals surface area contributed by atoms with E-state index < -0.39 is 5.97 Å². The molecule has 102 valence electrons. The summed E-state index contributed by atoms with van der Waals surface area (Å²) in [6.07, 6.45) is 5.43. The lowest BCUT2D eigenvalue weighted by atomic mass is 9.77. The standard InChI is InChI=1S/C13H21NO4/c1-18-13(5-2-6-13)7-11(15)14(9-12(16)17)8-10-3-4-10/h10H,2-9H2,1H3,(H,16,17). The molecule has 2 aliphatic carbocycles. The second kappa shape index (κ2) is 5.26. The van der Waals surface area contributed by atoms with Gasteiger partial charge in [-0.3, -0.25) is 9.59 Å². The van der Waals surface area contributed by atoms with Crippen LogP contribution in [0.3, 0.4) is 0 Å². The molecule has 0 saturated heterocycles. The molecular formula is C13H21NO4. The van der Waals surface area contributed by atoms with Crippen LogP contribution in [-0.4, -0.2) is 47.7 Å². The molecule has 0 bridgehead atoms. The molecule has 0 radical (unpaired) electrons. The number of methoxy groups -OCH3 is 1. The van der Waals surface area contributed by atoms with E-state index in [9.17, 15) is 9.59 Å². The van der Waals surface area contributed by atoms with Gasteiger partial charge in [-0.15, -0.1) is 0 Å². The fraction of sp³-hybridized carbons (Fsp3) is 0.846. The van der Waals surface area contributed by atoms with Gasteiger partial charge in [0.25, 0.3) is 0 Å². The minimum absolute atomic E-state index is 0.0779. The van der Waals surface area contributed by atoms with Crippen molar-refractivity contribution in [2.45, 2.75) is 44.1 Å². The van der Waals surface area contributed by atoms with Crippen LogP contribution in [-0.2, 0) is 14.3 Å². The van der Waals surface area contributed by atoms with E-state index in [0.717, 1.165) is 32.1 Å². The van der Waals surface area contributed by atoms with E-state index in [1.54, 1.807) is 7.11 Å². The highest BCUT2D eigenvalue weighted by molar-refractivity contribution is 5.82. The van der Waals surface area contributed by atoms with E-state index in [0.29, 0.717) is 18.9 Å². The van der Waals surface area contributed by atoms with Crippen molar-refractivity contribution in [1.82, 2.24) is 4.90 Å². The summed E-state index contributed by atoms with van der Waals surface area (Å²) in [5.41, 5.74) is -0.322. The summed E-state index contributed by atoms with van der Waals surface area (Å²) in [7, 11) is 1.63. The lowest BCUT2D eigenvalue weighted by Gasteiger charge is -2.41. The molecule has 2 fully saturated rings. The Morgan fingerprint density at radius 1 is 1.39 bits per heavy atom. The van der Waals surface area contributed by atoms with Crippen LogP contribution >= 0.6 is 0 Å². The van der Waals surface area contributed by atoms with Gasteiger partial charge in [0, 0.05) is 13.7 Å². The highest BCUT2D eigenvalue weighted by Crippen LogP contribution is 2.38. The number of carbonyl (C=O) groups is 2. The molecule has 0 aromatic heterocycles. The number of ether oxygens (including phenoxy) is 1. The predicted octanol–water partition coefficient (Wildman–Crippen LogP) is 1.27. The molecule has 0 unspecified atom stereocenters. The second-order valence-corrected chi connectivity index (χ2v) is 5.53. The van der Waals surface area contributed by atoms with Gasteiger partial charge in [0.2, 0.25) is 5.91 Å². The van der Waals surface area contributed by atoms with Crippen molar-refractivity contribution in [1.29, 1.82) is 0 Å². The first-order valence-electron chi connectivity index (χ1n) is 6.59. The van der Waals surface area contributed by atoms with E-state index in [4.69, 9.17) is 9.84 Å². The Morgan fingerprint density at radius 2 is 2.06 bits per heavy atom. The topological polar surface area (TPSA) is 66.8 Å². The summed E-state index contributed by atoms with van der Waals surface area (Å²) < 4.78 is 5.43. The Kier molecular flexibility index (Phi) is 3.90. The zero-order chi connectivity index (χ0) is 13.2. The largest absolute Gasteiger partial charge is 0.480 e. The average molecular weight is 255 g/mol. The Balaban J connectivity index is 1.91. The van der Waals surface area contributed by atoms with Crippen molar-refractivity contribution in [3.63, 3.8) is 0 Å². The van der Waals surface area contributed by atoms with E-state index in [-0.39, 0.29) is 18.1 Å². The first-order chi connectivity index (χ1) is 8.54. The Hall–Kier alpha value is -1.10. The van der Waals surface area contributed by atoms with E-state index in [1.165, 1.54) is 4.90 Å². The minimum Gasteiger partial charge on any atom is -0.480 e. The maximum Gasteiger partial charge on any atom is 0.323 e. The van der Waals surface area contributed by atoms with Crippen molar-refractivity contribution < 1.29 is 19.4 Å². The van der Waals surface area contributed by atoms with Gasteiger partial charge in [0.1, 0.15) is 6.54 Å². The van der Waals surface area contributed by atoms with Gasteiger partial charge < -0.3 is 14.7 Å². The predicted molar refractivity (Wildman–Crippen MR) is 65.1 cm³/mol. The van der Waals surface area contributed by atoms with Crippen molar-refractivity contribution in [3.05, 3.63) is 0 Å². The minimum atomic E-state index is -0.941. The lowest BCUT2D eigenvalue weighted by Crippen LogP contribution is -2.46. The van der Waals surface area contributed by atoms with Crippen LogP contribution < -0.4 is 0 Å². The zero-order valence-electron chi connectivity index (χ0n) is 10.9. The van der Waals surface area contributed by atoms with Gasteiger partial charge >= 0.3 is 5.97 Å². The first-order valence-corrected chi connectivity index (χ1v) is 6.59. The Morgan fingerprint density at radius 3 is 2.44 bits per heavy atom. The Bertz CT molecular complexity index is 328. The maximum atomic E-state index is 12.2. The van der Waals surface area contributed by atoms with Gasteiger partial charge in [-0.1, -0.05) is 0 Å². The number of aliphatic carboxylic acids is 1.